The van der Waals surface area contributed by atoms with Crippen LogP contribution >= 0.6 is 0 Å². The first-order valence-corrected chi connectivity index (χ1v) is 9.80. The zero-order chi connectivity index (χ0) is 23.7. The third-order valence-electron chi connectivity index (χ3n) is 4.43. The van der Waals surface area contributed by atoms with Gasteiger partial charge in [0, 0.05) is 0 Å². The van der Waals surface area contributed by atoms with Crippen LogP contribution in [0.2, 0.25) is 0 Å². The maximum Gasteiger partial charge on any atom is 0.320 e. The van der Waals surface area contributed by atoms with Crippen molar-refractivity contribution in [2.24, 2.45) is 17.4 Å². The summed E-state index contributed by atoms with van der Waals surface area (Å²) < 4.78 is 0. The SMILES string of the molecule is CC[C@H](C)[C@H](N)C(=O)O.NCC(=O)O.O=C(O)[C@@H]1CCCN1.O=C(O)[C@@H]1CCCN1. The molecule has 2 saturated heterocycles. The molecule has 0 radical (unpaired) electrons. The Kier molecular flexibility index (Phi) is 17.5. The third kappa shape index (κ3) is 15.6. The lowest BCUT2D eigenvalue weighted by atomic mass is 10.0. The van der Waals surface area contributed by atoms with E-state index < -0.39 is 29.9 Å². The first-order chi connectivity index (χ1) is 14.0. The molecule has 0 spiro atoms. The van der Waals surface area contributed by atoms with Gasteiger partial charge in [0.2, 0.25) is 0 Å². The summed E-state index contributed by atoms with van der Waals surface area (Å²) in [6.07, 6.45) is 4.38. The van der Waals surface area contributed by atoms with E-state index in [0.29, 0.717) is 0 Å². The number of carbonyl (C=O) groups is 4. The Balaban J connectivity index is 0. The van der Waals surface area contributed by atoms with E-state index in [1.54, 1.807) is 0 Å². The van der Waals surface area contributed by atoms with Crippen molar-refractivity contribution in [3.8, 4) is 0 Å². The van der Waals surface area contributed by atoms with Crippen LogP contribution in [0.25, 0.3) is 0 Å². The average Bonchev–Trinajstić information content (AvgIpc) is 3.42. The smallest absolute Gasteiger partial charge is 0.320 e. The number of aliphatic carboxylic acids is 4. The molecule has 2 heterocycles. The fraction of sp³-hybridized carbons (Fsp3) is 0.778. The first kappa shape index (κ1) is 29.9. The lowest BCUT2D eigenvalue weighted by molar-refractivity contribution is -0.140. The molecule has 12 heteroatoms. The fourth-order valence-corrected chi connectivity index (χ4v) is 2.29. The Hall–Kier alpha value is -2.28. The molecule has 2 fully saturated rings. The highest BCUT2D eigenvalue weighted by Crippen LogP contribution is 2.05. The number of rotatable bonds is 6. The van der Waals surface area contributed by atoms with E-state index in [0.717, 1.165) is 45.2 Å². The maximum atomic E-state index is 10.2. The van der Waals surface area contributed by atoms with Crippen LogP contribution < -0.4 is 22.1 Å². The summed E-state index contributed by atoms with van der Waals surface area (Å²) in [5, 5.41) is 38.4. The zero-order valence-corrected chi connectivity index (χ0v) is 17.5. The van der Waals surface area contributed by atoms with E-state index in [1.165, 1.54) is 0 Å². The normalized spacial score (nSPS) is 21.3. The number of nitrogens with two attached hydrogens (primary N) is 2. The number of hydrogen-bond acceptors (Lipinski definition) is 8. The molecule has 2 rings (SSSR count). The number of carboxylic acids is 4. The average molecular weight is 437 g/mol. The summed E-state index contributed by atoms with van der Waals surface area (Å²) in [4.78, 5) is 39.7. The van der Waals surface area contributed by atoms with Crippen molar-refractivity contribution in [3.05, 3.63) is 0 Å². The molecule has 0 aromatic rings. The van der Waals surface area contributed by atoms with Crippen molar-refractivity contribution in [1.29, 1.82) is 0 Å². The van der Waals surface area contributed by atoms with Crippen LogP contribution in [0, 0.1) is 5.92 Å². The van der Waals surface area contributed by atoms with Crippen molar-refractivity contribution >= 4 is 23.9 Å². The fourth-order valence-electron chi connectivity index (χ4n) is 2.29. The largest absolute Gasteiger partial charge is 0.480 e. The van der Waals surface area contributed by atoms with Crippen molar-refractivity contribution in [2.75, 3.05) is 19.6 Å². The van der Waals surface area contributed by atoms with Crippen LogP contribution in [0.15, 0.2) is 0 Å². The van der Waals surface area contributed by atoms with E-state index in [4.69, 9.17) is 26.2 Å². The van der Waals surface area contributed by atoms with Gasteiger partial charge in [-0.05, 0) is 44.7 Å². The Bertz CT molecular complexity index is 494. The van der Waals surface area contributed by atoms with Crippen molar-refractivity contribution in [3.63, 3.8) is 0 Å². The molecule has 0 amide bonds. The first-order valence-electron chi connectivity index (χ1n) is 9.80. The second-order valence-electron chi connectivity index (χ2n) is 6.82. The molecule has 2 aliphatic heterocycles. The van der Waals surface area contributed by atoms with E-state index in [2.05, 4.69) is 16.4 Å². The topological polar surface area (TPSA) is 225 Å². The predicted octanol–water partition coefficient (Wildman–Crippen LogP) is -0.880. The minimum Gasteiger partial charge on any atom is -0.480 e. The van der Waals surface area contributed by atoms with Gasteiger partial charge in [0.15, 0.2) is 0 Å². The van der Waals surface area contributed by atoms with Gasteiger partial charge in [0.05, 0.1) is 6.54 Å². The molecule has 0 aromatic heterocycles. The predicted molar refractivity (Wildman–Crippen MR) is 109 cm³/mol. The second kappa shape index (κ2) is 17.6. The number of nitrogens with one attached hydrogen (secondary N) is 2. The molecule has 176 valence electrons. The molecule has 4 atom stereocenters. The zero-order valence-electron chi connectivity index (χ0n) is 17.5. The van der Waals surface area contributed by atoms with Gasteiger partial charge in [-0.3, -0.25) is 19.2 Å². The molecule has 0 aliphatic carbocycles. The molecule has 10 N–H and O–H groups in total. The van der Waals surface area contributed by atoms with Gasteiger partial charge >= 0.3 is 23.9 Å². The van der Waals surface area contributed by atoms with E-state index in [-0.39, 0.29) is 24.5 Å². The molecule has 0 unspecified atom stereocenters. The van der Waals surface area contributed by atoms with Crippen LogP contribution in [-0.4, -0.2) is 82.1 Å². The summed E-state index contributed by atoms with van der Waals surface area (Å²) in [5.41, 5.74) is 9.84. The standard InChI is InChI=1S/C6H13NO2.2C5H9NO2.C2H5NO2/c1-3-4(2)5(7)6(8)9;2*7-5(8)4-2-1-3-6-4;3-1-2(4)5/h4-5H,3,7H2,1-2H3,(H,8,9);2*4,6H,1-3H2,(H,7,8);1,3H2,(H,4,5)/t4-,5-;2*4-;/m000./s1. The summed E-state index contributed by atoms with van der Waals surface area (Å²) in [5.74, 6) is -3.25. The Morgan fingerprint density at radius 2 is 1.30 bits per heavy atom. The number of carboxylic acid groups (broad SMARTS) is 4. The van der Waals surface area contributed by atoms with Crippen molar-refractivity contribution < 1.29 is 39.6 Å². The number of hydrogen-bond donors (Lipinski definition) is 8. The summed E-state index contributed by atoms with van der Waals surface area (Å²) in [6, 6.07) is -1.24. The third-order valence-corrected chi connectivity index (χ3v) is 4.43. The van der Waals surface area contributed by atoms with Gasteiger partial charge < -0.3 is 42.5 Å². The van der Waals surface area contributed by atoms with Crippen LogP contribution in [-0.2, 0) is 19.2 Å². The highest BCUT2D eigenvalue weighted by molar-refractivity contribution is 5.74. The summed E-state index contributed by atoms with van der Waals surface area (Å²) in [6.45, 7) is 5.19. The van der Waals surface area contributed by atoms with Crippen LogP contribution in [0.3, 0.4) is 0 Å². The van der Waals surface area contributed by atoms with Gasteiger partial charge in [0.25, 0.3) is 0 Å². The lowest BCUT2D eigenvalue weighted by Crippen LogP contribution is -2.36. The molecule has 12 nitrogen and oxygen atoms in total. The van der Waals surface area contributed by atoms with Crippen LogP contribution in [0.5, 0.6) is 0 Å². The Morgan fingerprint density at radius 3 is 1.40 bits per heavy atom. The second-order valence-corrected chi connectivity index (χ2v) is 6.82. The molecule has 30 heavy (non-hydrogen) atoms. The highest BCUT2D eigenvalue weighted by Gasteiger charge is 2.21. The molecule has 2 aliphatic rings. The minimum atomic E-state index is -0.968. The van der Waals surface area contributed by atoms with E-state index in [9.17, 15) is 19.2 Å². The Morgan fingerprint density at radius 1 is 0.933 bits per heavy atom. The minimum absolute atomic E-state index is 0.0718. The molecule has 0 bridgehead atoms. The summed E-state index contributed by atoms with van der Waals surface area (Å²) >= 11 is 0. The van der Waals surface area contributed by atoms with Crippen molar-refractivity contribution in [1.82, 2.24) is 10.6 Å². The van der Waals surface area contributed by atoms with Gasteiger partial charge in [-0.15, -0.1) is 0 Å². The molecule has 0 aromatic carbocycles. The molecule has 0 saturated carbocycles. The van der Waals surface area contributed by atoms with Crippen LogP contribution in [0.4, 0.5) is 0 Å². The highest BCUT2D eigenvalue weighted by atomic mass is 16.4. The van der Waals surface area contributed by atoms with Crippen molar-refractivity contribution in [2.45, 2.75) is 64.1 Å². The maximum absolute atomic E-state index is 10.2. The van der Waals surface area contributed by atoms with Gasteiger partial charge in [-0.25, -0.2) is 0 Å². The monoisotopic (exact) mass is 436 g/mol. The lowest BCUT2D eigenvalue weighted by Gasteiger charge is -2.11. The Labute approximate surface area is 176 Å². The van der Waals surface area contributed by atoms with Crippen LogP contribution in [0.1, 0.15) is 46.0 Å². The van der Waals surface area contributed by atoms with Gasteiger partial charge in [0.1, 0.15) is 18.1 Å². The van der Waals surface area contributed by atoms with Gasteiger partial charge in [-0.2, -0.15) is 0 Å². The molecular weight excluding hydrogens is 400 g/mol. The van der Waals surface area contributed by atoms with Gasteiger partial charge in [-0.1, -0.05) is 20.3 Å². The quantitative estimate of drug-likeness (QED) is 0.254. The van der Waals surface area contributed by atoms with E-state index >= 15 is 0 Å². The van der Waals surface area contributed by atoms with E-state index in [1.807, 2.05) is 13.8 Å². The molecular formula is C18H36N4O8. The summed E-state index contributed by atoms with van der Waals surface area (Å²) in [7, 11) is 0.